The van der Waals surface area contributed by atoms with Crippen LogP contribution in [0.5, 0.6) is 5.75 Å². The van der Waals surface area contributed by atoms with Gasteiger partial charge in [-0.25, -0.2) is 0 Å². The van der Waals surface area contributed by atoms with E-state index in [1.54, 1.807) is 7.11 Å². The minimum Gasteiger partial charge on any atom is -0.497 e. The molecule has 0 aromatic heterocycles. The van der Waals surface area contributed by atoms with Crippen molar-refractivity contribution in [3.63, 3.8) is 0 Å². The molecule has 1 amide bonds. The van der Waals surface area contributed by atoms with Gasteiger partial charge >= 0.3 is 0 Å². The first-order valence-electron chi connectivity index (χ1n) is 6.10. The van der Waals surface area contributed by atoms with Crippen LogP contribution in [0.1, 0.15) is 23.6 Å². The molecule has 0 aliphatic rings. The molecule has 0 radical (unpaired) electrons. The lowest BCUT2D eigenvalue weighted by Gasteiger charge is -2.13. The van der Waals surface area contributed by atoms with Crippen LogP contribution in [0.15, 0.2) is 12.1 Å². The van der Waals surface area contributed by atoms with Crippen molar-refractivity contribution in [1.29, 1.82) is 0 Å². The van der Waals surface area contributed by atoms with E-state index in [4.69, 9.17) is 10.5 Å². The average molecular weight is 250 g/mol. The van der Waals surface area contributed by atoms with Gasteiger partial charge in [-0.1, -0.05) is 0 Å². The molecule has 1 aromatic rings. The number of amides is 1. The number of hydrogen-bond acceptors (Lipinski definition) is 3. The Kier molecular flexibility index (Phi) is 5.16. The Hall–Kier alpha value is -1.55. The maximum atomic E-state index is 11.8. The molecule has 1 rings (SSSR count). The topological polar surface area (TPSA) is 64.3 Å². The lowest BCUT2D eigenvalue weighted by Crippen LogP contribution is -2.36. The Morgan fingerprint density at radius 2 is 1.94 bits per heavy atom. The zero-order valence-corrected chi connectivity index (χ0v) is 11.5. The lowest BCUT2D eigenvalue weighted by molar-refractivity contribution is -0.120. The summed E-state index contributed by atoms with van der Waals surface area (Å²) in [6, 6.07) is 3.87. The van der Waals surface area contributed by atoms with Gasteiger partial charge in [0.2, 0.25) is 5.91 Å². The summed E-state index contributed by atoms with van der Waals surface area (Å²) in [5.74, 6) is 0.827. The number of aryl methyl sites for hydroxylation is 2. The summed E-state index contributed by atoms with van der Waals surface area (Å²) >= 11 is 0. The second kappa shape index (κ2) is 6.40. The van der Waals surface area contributed by atoms with Crippen molar-refractivity contribution in [2.75, 3.05) is 13.7 Å². The lowest BCUT2D eigenvalue weighted by atomic mass is 9.99. The second-order valence-corrected chi connectivity index (χ2v) is 4.70. The van der Waals surface area contributed by atoms with Crippen LogP contribution >= 0.6 is 0 Å². The third-order valence-electron chi connectivity index (χ3n) is 2.86. The van der Waals surface area contributed by atoms with E-state index >= 15 is 0 Å². The molecule has 18 heavy (non-hydrogen) atoms. The molecule has 0 aliphatic carbocycles. The summed E-state index contributed by atoms with van der Waals surface area (Å²) in [4.78, 5) is 11.8. The average Bonchev–Trinajstić information content (AvgIpc) is 2.30. The second-order valence-electron chi connectivity index (χ2n) is 4.70. The van der Waals surface area contributed by atoms with E-state index in [2.05, 4.69) is 5.32 Å². The molecule has 0 heterocycles. The number of benzene rings is 1. The maximum absolute atomic E-state index is 11.8. The van der Waals surface area contributed by atoms with Gasteiger partial charge in [-0.05, 0) is 49.6 Å². The van der Waals surface area contributed by atoms with E-state index in [1.807, 2.05) is 32.9 Å². The van der Waals surface area contributed by atoms with Crippen LogP contribution in [0, 0.1) is 13.8 Å². The molecule has 100 valence electrons. The van der Waals surface area contributed by atoms with Gasteiger partial charge in [0.25, 0.3) is 0 Å². The van der Waals surface area contributed by atoms with Crippen LogP contribution in [0.25, 0.3) is 0 Å². The standard InChI is InChI=1S/C14H22N2O2/c1-9-5-12(18-4)6-10(2)13(9)7-14(17)16-8-11(3)15/h5-6,11H,7-8,15H2,1-4H3,(H,16,17). The predicted molar refractivity (Wildman–Crippen MR) is 72.8 cm³/mol. The molecule has 1 atom stereocenters. The molecular weight excluding hydrogens is 228 g/mol. The fourth-order valence-electron chi connectivity index (χ4n) is 1.85. The van der Waals surface area contributed by atoms with Crippen LogP contribution < -0.4 is 15.8 Å². The Morgan fingerprint density at radius 1 is 1.39 bits per heavy atom. The summed E-state index contributed by atoms with van der Waals surface area (Å²) in [7, 11) is 1.64. The number of hydrogen-bond donors (Lipinski definition) is 2. The summed E-state index contributed by atoms with van der Waals surface area (Å²) in [6.07, 6.45) is 0.383. The van der Waals surface area contributed by atoms with Gasteiger partial charge in [0.15, 0.2) is 0 Å². The SMILES string of the molecule is COc1cc(C)c(CC(=O)NCC(C)N)c(C)c1. The number of ether oxygens (including phenoxy) is 1. The van der Waals surface area contributed by atoms with Crippen molar-refractivity contribution in [3.05, 3.63) is 28.8 Å². The third kappa shape index (κ3) is 4.04. The van der Waals surface area contributed by atoms with Crippen molar-refractivity contribution >= 4 is 5.91 Å². The summed E-state index contributed by atoms with van der Waals surface area (Å²) in [5, 5.41) is 2.82. The molecule has 1 aromatic carbocycles. The van der Waals surface area contributed by atoms with Gasteiger partial charge < -0.3 is 15.8 Å². The molecule has 0 saturated heterocycles. The maximum Gasteiger partial charge on any atom is 0.224 e. The van der Waals surface area contributed by atoms with Crippen LogP contribution in [0.2, 0.25) is 0 Å². The number of rotatable bonds is 5. The zero-order chi connectivity index (χ0) is 13.7. The zero-order valence-electron chi connectivity index (χ0n) is 11.5. The number of nitrogens with two attached hydrogens (primary N) is 1. The first kappa shape index (κ1) is 14.5. The number of nitrogens with one attached hydrogen (secondary N) is 1. The van der Waals surface area contributed by atoms with Crippen molar-refractivity contribution in [3.8, 4) is 5.75 Å². The van der Waals surface area contributed by atoms with Gasteiger partial charge in [-0.3, -0.25) is 4.79 Å². The highest BCUT2D eigenvalue weighted by molar-refractivity contribution is 5.79. The van der Waals surface area contributed by atoms with Gasteiger partial charge in [-0.15, -0.1) is 0 Å². The van der Waals surface area contributed by atoms with Gasteiger partial charge in [0.05, 0.1) is 13.5 Å². The molecule has 0 saturated carbocycles. The highest BCUT2D eigenvalue weighted by atomic mass is 16.5. The van der Waals surface area contributed by atoms with Gasteiger partial charge in [0, 0.05) is 12.6 Å². The normalized spacial score (nSPS) is 12.1. The first-order valence-corrected chi connectivity index (χ1v) is 6.10. The van der Waals surface area contributed by atoms with E-state index < -0.39 is 0 Å². The van der Waals surface area contributed by atoms with Crippen LogP contribution in [0.3, 0.4) is 0 Å². The van der Waals surface area contributed by atoms with Crippen LogP contribution in [0.4, 0.5) is 0 Å². The highest BCUT2D eigenvalue weighted by Gasteiger charge is 2.10. The summed E-state index contributed by atoms with van der Waals surface area (Å²) in [5.41, 5.74) is 8.80. The fourth-order valence-corrected chi connectivity index (χ4v) is 1.85. The molecule has 4 nitrogen and oxygen atoms in total. The Labute approximate surface area is 109 Å². The molecule has 0 fully saturated rings. The van der Waals surface area contributed by atoms with E-state index in [-0.39, 0.29) is 11.9 Å². The van der Waals surface area contributed by atoms with Gasteiger partial charge in [0.1, 0.15) is 5.75 Å². The number of carbonyl (C=O) groups excluding carboxylic acids is 1. The number of methoxy groups -OCH3 is 1. The van der Waals surface area contributed by atoms with E-state index in [0.29, 0.717) is 13.0 Å². The summed E-state index contributed by atoms with van der Waals surface area (Å²) < 4.78 is 5.20. The Bertz CT molecular complexity index is 405. The summed E-state index contributed by atoms with van der Waals surface area (Å²) in [6.45, 7) is 6.35. The molecule has 0 spiro atoms. The van der Waals surface area contributed by atoms with E-state index in [9.17, 15) is 4.79 Å². The van der Waals surface area contributed by atoms with Crippen molar-refractivity contribution < 1.29 is 9.53 Å². The fraction of sp³-hybridized carbons (Fsp3) is 0.500. The Balaban J connectivity index is 2.75. The third-order valence-corrected chi connectivity index (χ3v) is 2.86. The first-order chi connectivity index (χ1) is 8.43. The van der Waals surface area contributed by atoms with Crippen molar-refractivity contribution in [2.24, 2.45) is 5.73 Å². The number of carbonyl (C=O) groups is 1. The molecule has 1 unspecified atom stereocenters. The van der Waals surface area contributed by atoms with Gasteiger partial charge in [-0.2, -0.15) is 0 Å². The van der Waals surface area contributed by atoms with Crippen molar-refractivity contribution in [1.82, 2.24) is 5.32 Å². The smallest absolute Gasteiger partial charge is 0.224 e. The predicted octanol–water partition coefficient (Wildman–Crippen LogP) is 1.32. The van der Waals surface area contributed by atoms with E-state index in [0.717, 1.165) is 22.4 Å². The largest absolute Gasteiger partial charge is 0.497 e. The van der Waals surface area contributed by atoms with Crippen LogP contribution in [-0.4, -0.2) is 25.6 Å². The minimum absolute atomic E-state index is 0.00340. The molecular formula is C14H22N2O2. The molecule has 0 aliphatic heterocycles. The molecule has 4 heteroatoms. The van der Waals surface area contributed by atoms with E-state index in [1.165, 1.54) is 0 Å². The quantitative estimate of drug-likeness (QED) is 0.828. The molecule has 0 bridgehead atoms. The monoisotopic (exact) mass is 250 g/mol. The van der Waals surface area contributed by atoms with Crippen molar-refractivity contribution in [2.45, 2.75) is 33.2 Å². The highest BCUT2D eigenvalue weighted by Crippen LogP contribution is 2.21. The Morgan fingerprint density at radius 3 is 2.39 bits per heavy atom. The molecule has 3 N–H and O–H groups in total. The minimum atomic E-state index is -0.0213. The van der Waals surface area contributed by atoms with Crippen LogP contribution in [-0.2, 0) is 11.2 Å².